The first kappa shape index (κ1) is 11.9. The molecule has 0 saturated carbocycles. The molecular formula is C13H11N3O2S. The molecule has 0 radical (unpaired) electrons. The fourth-order valence-corrected chi connectivity index (χ4v) is 2.26. The van der Waals surface area contributed by atoms with Crippen LogP contribution in [-0.4, -0.2) is 15.9 Å². The van der Waals surface area contributed by atoms with Crippen molar-refractivity contribution in [2.75, 3.05) is 5.32 Å². The number of aromatic nitrogens is 2. The predicted octanol–water partition coefficient (Wildman–Crippen LogP) is 2.86. The molecule has 19 heavy (non-hydrogen) atoms. The molecule has 0 atom stereocenters. The zero-order chi connectivity index (χ0) is 13.1. The third-order valence-corrected chi connectivity index (χ3v) is 3.27. The van der Waals surface area contributed by atoms with Gasteiger partial charge < -0.3 is 9.73 Å². The summed E-state index contributed by atoms with van der Waals surface area (Å²) in [6.45, 7) is 0. The molecule has 0 aliphatic heterocycles. The molecule has 1 N–H and O–H groups in total. The number of para-hydroxylation sites is 2. The Hall–Kier alpha value is -2.21. The van der Waals surface area contributed by atoms with Gasteiger partial charge in [0.2, 0.25) is 5.91 Å². The van der Waals surface area contributed by atoms with Gasteiger partial charge in [0.15, 0.2) is 16.6 Å². The van der Waals surface area contributed by atoms with Crippen LogP contribution < -0.4 is 5.32 Å². The molecule has 0 bridgehead atoms. The van der Waals surface area contributed by atoms with E-state index >= 15 is 0 Å². The highest BCUT2D eigenvalue weighted by atomic mass is 32.1. The second-order valence-corrected chi connectivity index (χ2v) is 4.86. The number of thiazole rings is 1. The Morgan fingerprint density at radius 2 is 2.26 bits per heavy atom. The molecule has 0 aliphatic rings. The Balaban J connectivity index is 1.61. The van der Waals surface area contributed by atoms with Crippen LogP contribution in [0.15, 0.2) is 40.3 Å². The second kappa shape index (κ2) is 5.19. The first-order valence-electron chi connectivity index (χ1n) is 5.85. The average Bonchev–Trinajstić information content (AvgIpc) is 3.04. The van der Waals surface area contributed by atoms with E-state index in [1.165, 1.54) is 11.3 Å². The van der Waals surface area contributed by atoms with Gasteiger partial charge in [-0.2, -0.15) is 0 Å². The van der Waals surface area contributed by atoms with Crippen LogP contribution in [0.3, 0.4) is 0 Å². The number of benzene rings is 1. The summed E-state index contributed by atoms with van der Waals surface area (Å²) in [4.78, 5) is 20.0. The Bertz CT molecular complexity index is 658. The van der Waals surface area contributed by atoms with Crippen molar-refractivity contribution in [2.24, 2.45) is 0 Å². The molecule has 6 heteroatoms. The van der Waals surface area contributed by atoms with E-state index in [-0.39, 0.29) is 5.91 Å². The Labute approximate surface area is 113 Å². The van der Waals surface area contributed by atoms with Gasteiger partial charge in [-0.25, -0.2) is 9.97 Å². The number of aryl methyl sites for hydroxylation is 1. The van der Waals surface area contributed by atoms with E-state index in [0.29, 0.717) is 23.9 Å². The van der Waals surface area contributed by atoms with Gasteiger partial charge in [-0.15, -0.1) is 11.3 Å². The lowest BCUT2D eigenvalue weighted by atomic mass is 10.3. The van der Waals surface area contributed by atoms with E-state index in [1.54, 1.807) is 6.20 Å². The fraction of sp³-hybridized carbons (Fsp3) is 0.154. The number of hydrogen-bond donors (Lipinski definition) is 1. The molecule has 2 heterocycles. The van der Waals surface area contributed by atoms with Gasteiger partial charge >= 0.3 is 0 Å². The van der Waals surface area contributed by atoms with Gasteiger partial charge in [0.25, 0.3) is 0 Å². The summed E-state index contributed by atoms with van der Waals surface area (Å²) in [7, 11) is 0. The number of carbonyl (C=O) groups is 1. The van der Waals surface area contributed by atoms with Crippen molar-refractivity contribution in [2.45, 2.75) is 12.8 Å². The molecule has 0 unspecified atom stereocenters. The number of anilines is 1. The first-order chi connectivity index (χ1) is 9.31. The standard InChI is InChI=1S/C13H11N3O2S/c17-11(16-13-14-7-8-19-13)5-6-12-15-9-3-1-2-4-10(9)18-12/h1-4,7-8H,5-6H2,(H,14,16,17). The molecule has 1 amide bonds. The van der Waals surface area contributed by atoms with Gasteiger partial charge in [0.1, 0.15) is 5.52 Å². The minimum absolute atomic E-state index is 0.0859. The normalized spacial score (nSPS) is 10.7. The van der Waals surface area contributed by atoms with E-state index in [4.69, 9.17) is 4.42 Å². The van der Waals surface area contributed by atoms with Crippen LogP contribution in [0, 0.1) is 0 Å². The molecule has 3 aromatic rings. The van der Waals surface area contributed by atoms with E-state index in [9.17, 15) is 4.79 Å². The number of carbonyl (C=O) groups excluding carboxylic acids is 1. The van der Waals surface area contributed by atoms with Gasteiger partial charge in [-0.05, 0) is 12.1 Å². The number of hydrogen-bond acceptors (Lipinski definition) is 5. The first-order valence-corrected chi connectivity index (χ1v) is 6.73. The van der Waals surface area contributed by atoms with Crippen molar-refractivity contribution >= 4 is 33.5 Å². The van der Waals surface area contributed by atoms with Gasteiger partial charge in [-0.1, -0.05) is 12.1 Å². The molecule has 2 aromatic heterocycles. The second-order valence-electron chi connectivity index (χ2n) is 3.96. The maximum atomic E-state index is 11.7. The van der Waals surface area contributed by atoms with Crippen LogP contribution in [0.25, 0.3) is 11.1 Å². The maximum absolute atomic E-state index is 11.7. The summed E-state index contributed by atoms with van der Waals surface area (Å²) in [5.41, 5.74) is 1.57. The number of fused-ring (bicyclic) bond motifs is 1. The smallest absolute Gasteiger partial charge is 0.226 e. The highest BCUT2D eigenvalue weighted by molar-refractivity contribution is 7.13. The monoisotopic (exact) mass is 273 g/mol. The van der Waals surface area contributed by atoms with Crippen molar-refractivity contribution in [3.8, 4) is 0 Å². The number of nitrogens with one attached hydrogen (secondary N) is 1. The summed E-state index contributed by atoms with van der Waals surface area (Å²) < 4.78 is 5.55. The number of nitrogens with zero attached hydrogens (tertiary/aromatic N) is 2. The summed E-state index contributed by atoms with van der Waals surface area (Å²) in [5, 5.41) is 5.15. The highest BCUT2D eigenvalue weighted by Gasteiger charge is 2.09. The van der Waals surface area contributed by atoms with E-state index in [0.717, 1.165) is 11.1 Å². The lowest BCUT2D eigenvalue weighted by Gasteiger charge is -1.98. The minimum atomic E-state index is -0.0859. The van der Waals surface area contributed by atoms with Crippen molar-refractivity contribution < 1.29 is 9.21 Å². The van der Waals surface area contributed by atoms with Gasteiger partial charge in [0, 0.05) is 24.4 Å². The average molecular weight is 273 g/mol. The molecule has 0 fully saturated rings. The zero-order valence-corrected chi connectivity index (χ0v) is 10.8. The van der Waals surface area contributed by atoms with E-state index < -0.39 is 0 Å². The lowest BCUT2D eigenvalue weighted by Crippen LogP contribution is -2.12. The molecule has 0 aliphatic carbocycles. The van der Waals surface area contributed by atoms with E-state index in [2.05, 4.69) is 15.3 Å². The third kappa shape index (κ3) is 2.79. The van der Waals surface area contributed by atoms with Crippen LogP contribution in [0.2, 0.25) is 0 Å². The molecule has 3 rings (SSSR count). The Kier molecular flexibility index (Phi) is 3.24. The molecule has 0 saturated heterocycles. The molecule has 1 aromatic carbocycles. The Morgan fingerprint density at radius 1 is 1.37 bits per heavy atom. The van der Waals surface area contributed by atoms with Crippen LogP contribution in [-0.2, 0) is 11.2 Å². The minimum Gasteiger partial charge on any atom is -0.441 e. The van der Waals surface area contributed by atoms with Crippen molar-refractivity contribution in [1.82, 2.24) is 9.97 Å². The topological polar surface area (TPSA) is 68.0 Å². The lowest BCUT2D eigenvalue weighted by molar-refractivity contribution is -0.116. The Morgan fingerprint density at radius 3 is 3.05 bits per heavy atom. The van der Waals surface area contributed by atoms with Crippen molar-refractivity contribution in [1.29, 1.82) is 0 Å². The summed E-state index contributed by atoms with van der Waals surface area (Å²) in [5.74, 6) is 0.493. The van der Waals surface area contributed by atoms with E-state index in [1.807, 2.05) is 29.6 Å². The fourth-order valence-electron chi connectivity index (χ4n) is 1.71. The van der Waals surface area contributed by atoms with Crippen molar-refractivity contribution in [3.05, 3.63) is 41.7 Å². The van der Waals surface area contributed by atoms with Crippen molar-refractivity contribution in [3.63, 3.8) is 0 Å². The number of rotatable bonds is 4. The molecule has 5 nitrogen and oxygen atoms in total. The van der Waals surface area contributed by atoms with Crippen LogP contribution in [0.1, 0.15) is 12.3 Å². The van der Waals surface area contributed by atoms with Crippen LogP contribution in [0.5, 0.6) is 0 Å². The number of amides is 1. The number of oxazole rings is 1. The maximum Gasteiger partial charge on any atom is 0.226 e. The third-order valence-electron chi connectivity index (χ3n) is 2.58. The van der Waals surface area contributed by atoms with Crippen LogP contribution >= 0.6 is 11.3 Å². The molecular weight excluding hydrogens is 262 g/mol. The summed E-state index contributed by atoms with van der Waals surface area (Å²) in [6.07, 6.45) is 2.46. The highest BCUT2D eigenvalue weighted by Crippen LogP contribution is 2.16. The predicted molar refractivity (Wildman–Crippen MR) is 73.1 cm³/mol. The molecule has 0 spiro atoms. The summed E-state index contributed by atoms with van der Waals surface area (Å²) in [6, 6.07) is 7.55. The SMILES string of the molecule is O=C(CCc1nc2ccccc2o1)Nc1nccs1. The van der Waals surface area contributed by atoms with Crippen LogP contribution in [0.4, 0.5) is 5.13 Å². The quantitative estimate of drug-likeness (QED) is 0.793. The zero-order valence-electron chi connectivity index (χ0n) is 10.00. The largest absolute Gasteiger partial charge is 0.441 e. The van der Waals surface area contributed by atoms with Gasteiger partial charge in [-0.3, -0.25) is 4.79 Å². The summed E-state index contributed by atoms with van der Waals surface area (Å²) >= 11 is 1.39. The molecule has 96 valence electrons. The van der Waals surface area contributed by atoms with Gasteiger partial charge in [0.05, 0.1) is 0 Å².